The summed E-state index contributed by atoms with van der Waals surface area (Å²) in [5.74, 6) is -3.85. The lowest BCUT2D eigenvalue weighted by Gasteiger charge is -2.20. The number of rotatable bonds is 9. The lowest BCUT2D eigenvalue weighted by molar-refractivity contribution is -0.140. The zero-order chi connectivity index (χ0) is 18.1. The number of carboxylic acids is 2. The van der Waals surface area contributed by atoms with Crippen LogP contribution in [0.3, 0.4) is 0 Å². The van der Waals surface area contributed by atoms with Crippen molar-refractivity contribution in [2.24, 2.45) is 5.73 Å². The van der Waals surface area contributed by atoms with E-state index in [0.29, 0.717) is 5.56 Å². The number of nitrogens with two attached hydrogens (primary N) is 1. The van der Waals surface area contributed by atoms with Crippen LogP contribution in [-0.2, 0) is 19.2 Å². The summed E-state index contributed by atoms with van der Waals surface area (Å²) in [4.78, 5) is 45.3. The number of nitrogens with one attached hydrogen (secondary N) is 2. The molecule has 130 valence electrons. The molecule has 0 aliphatic carbocycles. The monoisotopic (exact) mass is 337 g/mol. The third-order valence-corrected chi connectivity index (χ3v) is 3.13. The smallest absolute Gasteiger partial charge is 0.322 e. The summed E-state index contributed by atoms with van der Waals surface area (Å²) in [6, 6.07) is 6.20. The minimum atomic E-state index is -1.26. The van der Waals surface area contributed by atoms with Crippen molar-refractivity contribution in [1.29, 1.82) is 0 Å². The van der Waals surface area contributed by atoms with E-state index in [9.17, 15) is 19.2 Å². The maximum Gasteiger partial charge on any atom is 0.322 e. The Hall–Kier alpha value is -2.94. The first-order valence-corrected chi connectivity index (χ1v) is 7.13. The Kier molecular flexibility index (Phi) is 7.37. The van der Waals surface area contributed by atoms with Crippen molar-refractivity contribution in [3.05, 3.63) is 35.9 Å². The first-order chi connectivity index (χ1) is 11.3. The van der Waals surface area contributed by atoms with E-state index in [0.717, 1.165) is 0 Å². The van der Waals surface area contributed by atoms with E-state index in [1.165, 1.54) is 0 Å². The van der Waals surface area contributed by atoms with E-state index >= 15 is 0 Å². The lowest BCUT2D eigenvalue weighted by atomic mass is 10.1. The summed E-state index contributed by atoms with van der Waals surface area (Å²) in [6.45, 7) is -0.636. The van der Waals surface area contributed by atoms with Crippen molar-refractivity contribution in [3.63, 3.8) is 0 Å². The Morgan fingerprint density at radius 2 is 1.62 bits per heavy atom. The molecule has 0 heterocycles. The minimum absolute atomic E-state index is 0.186. The molecule has 0 aliphatic heterocycles. The Labute approximate surface area is 137 Å². The molecule has 0 saturated heterocycles. The Morgan fingerprint density at radius 1 is 1.00 bits per heavy atom. The molecule has 0 radical (unpaired) electrons. The van der Waals surface area contributed by atoms with Crippen molar-refractivity contribution in [1.82, 2.24) is 10.6 Å². The van der Waals surface area contributed by atoms with Gasteiger partial charge in [0, 0.05) is 6.42 Å². The van der Waals surface area contributed by atoms with Crippen LogP contribution >= 0.6 is 0 Å². The maximum atomic E-state index is 12.2. The van der Waals surface area contributed by atoms with Crippen molar-refractivity contribution < 1.29 is 29.4 Å². The van der Waals surface area contributed by atoms with Crippen molar-refractivity contribution in [2.45, 2.75) is 24.9 Å². The van der Waals surface area contributed by atoms with Crippen LogP contribution in [0.25, 0.3) is 0 Å². The zero-order valence-corrected chi connectivity index (χ0v) is 12.8. The van der Waals surface area contributed by atoms with Crippen LogP contribution in [0.15, 0.2) is 30.3 Å². The fourth-order valence-electron chi connectivity index (χ4n) is 1.90. The van der Waals surface area contributed by atoms with Gasteiger partial charge in [-0.25, -0.2) is 0 Å². The normalized spacial score (nSPS) is 12.7. The molecule has 9 heteroatoms. The van der Waals surface area contributed by atoms with Crippen molar-refractivity contribution in [3.8, 4) is 0 Å². The second-order valence-corrected chi connectivity index (χ2v) is 4.99. The van der Waals surface area contributed by atoms with Crippen LogP contribution in [-0.4, -0.2) is 46.6 Å². The van der Waals surface area contributed by atoms with E-state index in [1.54, 1.807) is 30.3 Å². The van der Waals surface area contributed by atoms with Gasteiger partial charge in [-0.3, -0.25) is 19.2 Å². The van der Waals surface area contributed by atoms with Gasteiger partial charge in [0.2, 0.25) is 11.8 Å². The predicted octanol–water partition coefficient (Wildman–Crippen LogP) is -0.763. The molecule has 24 heavy (non-hydrogen) atoms. The predicted molar refractivity (Wildman–Crippen MR) is 82.8 cm³/mol. The van der Waals surface area contributed by atoms with Crippen LogP contribution in [0.1, 0.15) is 24.4 Å². The largest absolute Gasteiger partial charge is 0.481 e. The van der Waals surface area contributed by atoms with Crippen LogP contribution in [0.4, 0.5) is 0 Å². The van der Waals surface area contributed by atoms with Gasteiger partial charge >= 0.3 is 11.9 Å². The third-order valence-electron chi connectivity index (χ3n) is 3.13. The molecular weight excluding hydrogens is 318 g/mol. The highest BCUT2D eigenvalue weighted by molar-refractivity contribution is 5.91. The summed E-state index contributed by atoms with van der Waals surface area (Å²) in [5.41, 5.74) is 6.34. The first kappa shape index (κ1) is 19.1. The molecule has 9 nitrogen and oxygen atoms in total. The molecule has 0 aromatic heterocycles. The average Bonchev–Trinajstić information content (AvgIpc) is 2.56. The van der Waals surface area contributed by atoms with E-state index in [1.807, 2.05) is 0 Å². The Balaban J connectivity index is 2.75. The van der Waals surface area contributed by atoms with Crippen LogP contribution in [0.5, 0.6) is 0 Å². The molecule has 0 spiro atoms. The maximum absolute atomic E-state index is 12.2. The quantitative estimate of drug-likeness (QED) is 0.396. The highest BCUT2D eigenvalue weighted by Crippen LogP contribution is 2.10. The SMILES string of the molecule is N[C@H](C(=O)N[C@@H](CCC(=O)O)C(=O)NCC(=O)O)c1ccccc1. The summed E-state index contributed by atoms with van der Waals surface area (Å²) < 4.78 is 0. The zero-order valence-electron chi connectivity index (χ0n) is 12.8. The van der Waals surface area contributed by atoms with Gasteiger partial charge in [0.15, 0.2) is 0 Å². The van der Waals surface area contributed by atoms with Gasteiger partial charge in [-0.15, -0.1) is 0 Å². The molecule has 1 aromatic carbocycles. The van der Waals surface area contributed by atoms with Crippen LogP contribution in [0, 0.1) is 0 Å². The van der Waals surface area contributed by atoms with E-state index < -0.39 is 42.4 Å². The van der Waals surface area contributed by atoms with E-state index in [-0.39, 0.29) is 12.8 Å². The molecule has 0 aliphatic rings. The Bertz CT molecular complexity index is 604. The molecule has 0 bridgehead atoms. The molecular formula is C15H19N3O6. The number of benzene rings is 1. The molecule has 0 unspecified atom stereocenters. The molecule has 2 amide bonds. The van der Waals surface area contributed by atoms with E-state index in [2.05, 4.69) is 10.6 Å². The number of hydrogen-bond donors (Lipinski definition) is 5. The molecule has 0 fully saturated rings. The fourth-order valence-corrected chi connectivity index (χ4v) is 1.90. The summed E-state index contributed by atoms with van der Waals surface area (Å²) >= 11 is 0. The number of hydrogen-bond acceptors (Lipinski definition) is 5. The summed E-state index contributed by atoms with van der Waals surface area (Å²) in [5, 5.41) is 21.8. The van der Waals surface area contributed by atoms with Gasteiger partial charge in [-0.1, -0.05) is 30.3 Å². The number of carboxylic acid groups (broad SMARTS) is 2. The average molecular weight is 337 g/mol. The van der Waals surface area contributed by atoms with Gasteiger partial charge in [-0.05, 0) is 12.0 Å². The highest BCUT2D eigenvalue weighted by atomic mass is 16.4. The van der Waals surface area contributed by atoms with Crippen LogP contribution < -0.4 is 16.4 Å². The number of carbonyl (C=O) groups excluding carboxylic acids is 2. The van der Waals surface area contributed by atoms with Crippen molar-refractivity contribution >= 4 is 23.8 Å². The van der Waals surface area contributed by atoms with Gasteiger partial charge in [0.05, 0.1) is 0 Å². The molecule has 1 aromatic rings. The fraction of sp³-hybridized carbons (Fsp3) is 0.333. The molecule has 1 rings (SSSR count). The number of amides is 2. The van der Waals surface area contributed by atoms with Gasteiger partial charge in [0.1, 0.15) is 18.6 Å². The van der Waals surface area contributed by atoms with E-state index in [4.69, 9.17) is 15.9 Å². The molecule has 2 atom stereocenters. The first-order valence-electron chi connectivity index (χ1n) is 7.13. The summed E-state index contributed by atoms with van der Waals surface area (Å²) in [6.07, 6.45) is -0.556. The topological polar surface area (TPSA) is 159 Å². The second kappa shape index (κ2) is 9.26. The third kappa shape index (κ3) is 6.44. The number of carbonyl (C=O) groups is 4. The standard InChI is InChI=1S/C15H19N3O6/c16-13(9-4-2-1-3-5-9)15(24)18-10(6-7-11(19)20)14(23)17-8-12(21)22/h1-5,10,13H,6-8,16H2,(H,17,23)(H,18,24)(H,19,20)(H,21,22)/t10-,13-/m0/s1. The van der Waals surface area contributed by atoms with Gasteiger partial charge in [-0.2, -0.15) is 0 Å². The summed E-state index contributed by atoms with van der Waals surface area (Å²) in [7, 11) is 0. The lowest BCUT2D eigenvalue weighted by Crippen LogP contribution is -2.50. The second-order valence-electron chi connectivity index (χ2n) is 4.99. The Morgan fingerprint density at radius 3 is 2.17 bits per heavy atom. The van der Waals surface area contributed by atoms with Gasteiger partial charge < -0.3 is 26.6 Å². The van der Waals surface area contributed by atoms with Crippen LogP contribution in [0.2, 0.25) is 0 Å². The van der Waals surface area contributed by atoms with Crippen molar-refractivity contribution in [2.75, 3.05) is 6.54 Å². The number of aliphatic carboxylic acids is 2. The van der Waals surface area contributed by atoms with Gasteiger partial charge in [0.25, 0.3) is 0 Å². The minimum Gasteiger partial charge on any atom is -0.481 e. The molecule has 6 N–H and O–H groups in total. The highest BCUT2D eigenvalue weighted by Gasteiger charge is 2.25. The molecule has 0 saturated carbocycles.